The highest BCUT2D eigenvalue weighted by Crippen LogP contribution is 2.18. The quantitative estimate of drug-likeness (QED) is 0.810. The van der Waals surface area contributed by atoms with E-state index in [1.807, 2.05) is 19.9 Å². The van der Waals surface area contributed by atoms with Crippen molar-refractivity contribution in [2.24, 2.45) is 11.7 Å². The highest BCUT2D eigenvalue weighted by molar-refractivity contribution is 5.27. The molecule has 0 heterocycles. The summed E-state index contributed by atoms with van der Waals surface area (Å²) in [6, 6.07) is 5.18. The van der Waals surface area contributed by atoms with Crippen LogP contribution in [0.25, 0.3) is 0 Å². The number of nitrogens with two attached hydrogens (primary N) is 1. The van der Waals surface area contributed by atoms with E-state index in [0.717, 1.165) is 18.4 Å². The molecule has 0 aliphatic rings. The van der Waals surface area contributed by atoms with E-state index in [0.29, 0.717) is 5.92 Å². The molecule has 0 aliphatic carbocycles. The molecular weight excluding hydrogens is 189 g/mol. The average Bonchev–Trinajstić information content (AvgIpc) is 2.16. The SMILES string of the molecule is CCC(Cc1ccc(F)cc1C)C(C)N. The molecule has 0 amide bonds. The standard InChI is InChI=1S/C13H20FN/c1-4-11(10(3)15)8-12-5-6-13(14)7-9(12)2/h5-7,10-11H,4,8,15H2,1-3H3. The maximum Gasteiger partial charge on any atom is 0.123 e. The normalized spacial score (nSPS) is 15.0. The van der Waals surface area contributed by atoms with Crippen molar-refractivity contribution in [3.05, 3.63) is 35.1 Å². The maximum atomic E-state index is 12.9. The highest BCUT2D eigenvalue weighted by Gasteiger charge is 2.13. The van der Waals surface area contributed by atoms with Gasteiger partial charge in [-0.2, -0.15) is 0 Å². The molecule has 1 rings (SSSR count). The van der Waals surface area contributed by atoms with E-state index in [1.54, 1.807) is 6.07 Å². The molecule has 1 aromatic carbocycles. The van der Waals surface area contributed by atoms with Crippen LogP contribution in [0.15, 0.2) is 18.2 Å². The van der Waals surface area contributed by atoms with Crippen LogP contribution in [0.3, 0.4) is 0 Å². The first-order valence-corrected chi connectivity index (χ1v) is 5.55. The minimum atomic E-state index is -0.162. The summed E-state index contributed by atoms with van der Waals surface area (Å²) < 4.78 is 12.9. The van der Waals surface area contributed by atoms with Crippen molar-refractivity contribution in [1.82, 2.24) is 0 Å². The Balaban J connectivity index is 2.79. The lowest BCUT2D eigenvalue weighted by atomic mass is 9.89. The van der Waals surface area contributed by atoms with Gasteiger partial charge in [-0.1, -0.05) is 19.4 Å². The molecule has 2 N–H and O–H groups in total. The van der Waals surface area contributed by atoms with E-state index in [2.05, 4.69) is 6.92 Å². The monoisotopic (exact) mass is 209 g/mol. The summed E-state index contributed by atoms with van der Waals surface area (Å²) in [5.41, 5.74) is 8.13. The fourth-order valence-corrected chi connectivity index (χ4v) is 1.87. The summed E-state index contributed by atoms with van der Waals surface area (Å²) in [7, 11) is 0. The van der Waals surface area contributed by atoms with Crippen molar-refractivity contribution in [1.29, 1.82) is 0 Å². The van der Waals surface area contributed by atoms with Gasteiger partial charge in [0.25, 0.3) is 0 Å². The summed E-state index contributed by atoms with van der Waals surface area (Å²) in [5, 5.41) is 0. The van der Waals surface area contributed by atoms with Gasteiger partial charge >= 0.3 is 0 Å². The molecule has 1 aromatic rings. The molecule has 2 atom stereocenters. The van der Waals surface area contributed by atoms with Crippen LogP contribution < -0.4 is 5.73 Å². The summed E-state index contributed by atoms with van der Waals surface area (Å²) in [5.74, 6) is 0.319. The van der Waals surface area contributed by atoms with Crippen LogP contribution in [0.4, 0.5) is 4.39 Å². The van der Waals surface area contributed by atoms with Crippen molar-refractivity contribution in [2.75, 3.05) is 0 Å². The van der Waals surface area contributed by atoms with Gasteiger partial charge in [-0.25, -0.2) is 4.39 Å². The Morgan fingerprint density at radius 2 is 2.07 bits per heavy atom. The largest absolute Gasteiger partial charge is 0.328 e. The van der Waals surface area contributed by atoms with Gasteiger partial charge in [-0.3, -0.25) is 0 Å². The third-order valence-corrected chi connectivity index (χ3v) is 3.05. The number of hydrogen-bond donors (Lipinski definition) is 1. The lowest BCUT2D eigenvalue weighted by Crippen LogP contribution is -2.27. The van der Waals surface area contributed by atoms with Gasteiger partial charge in [0.2, 0.25) is 0 Å². The molecule has 0 spiro atoms. The van der Waals surface area contributed by atoms with Gasteiger partial charge in [-0.05, 0) is 49.4 Å². The van der Waals surface area contributed by atoms with Crippen LogP contribution in [-0.4, -0.2) is 6.04 Å². The van der Waals surface area contributed by atoms with Crippen LogP contribution >= 0.6 is 0 Å². The fourth-order valence-electron chi connectivity index (χ4n) is 1.87. The van der Waals surface area contributed by atoms with Crippen LogP contribution in [0.5, 0.6) is 0 Å². The van der Waals surface area contributed by atoms with Gasteiger partial charge < -0.3 is 5.73 Å². The Hall–Kier alpha value is -0.890. The summed E-state index contributed by atoms with van der Waals surface area (Å²) in [6.07, 6.45) is 2.01. The third kappa shape index (κ3) is 3.31. The second-order valence-corrected chi connectivity index (χ2v) is 4.30. The number of halogens is 1. The van der Waals surface area contributed by atoms with Gasteiger partial charge in [0.1, 0.15) is 5.82 Å². The number of hydrogen-bond acceptors (Lipinski definition) is 1. The van der Waals surface area contributed by atoms with E-state index in [-0.39, 0.29) is 11.9 Å². The minimum absolute atomic E-state index is 0.162. The van der Waals surface area contributed by atoms with Crippen LogP contribution in [0.1, 0.15) is 31.4 Å². The van der Waals surface area contributed by atoms with Crippen molar-refractivity contribution in [3.8, 4) is 0 Å². The summed E-state index contributed by atoms with van der Waals surface area (Å²) >= 11 is 0. The third-order valence-electron chi connectivity index (χ3n) is 3.05. The first-order valence-electron chi connectivity index (χ1n) is 5.55. The molecule has 0 aromatic heterocycles. The second kappa shape index (κ2) is 5.26. The molecule has 0 saturated heterocycles. The molecule has 0 aliphatic heterocycles. The predicted molar refractivity (Wildman–Crippen MR) is 62.3 cm³/mol. The Morgan fingerprint density at radius 1 is 1.40 bits per heavy atom. The van der Waals surface area contributed by atoms with E-state index < -0.39 is 0 Å². The van der Waals surface area contributed by atoms with E-state index >= 15 is 0 Å². The number of aryl methyl sites for hydroxylation is 1. The van der Waals surface area contributed by atoms with E-state index in [9.17, 15) is 4.39 Å². The van der Waals surface area contributed by atoms with Crippen LogP contribution in [0, 0.1) is 18.7 Å². The molecule has 0 radical (unpaired) electrons. The molecule has 84 valence electrons. The molecule has 2 unspecified atom stereocenters. The molecule has 1 nitrogen and oxygen atoms in total. The van der Waals surface area contributed by atoms with Gasteiger partial charge in [0, 0.05) is 6.04 Å². The number of rotatable bonds is 4. The predicted octanol–water partition coefficient (Wildman–Crippen LogP) is 3.05. The van der Waals surface area contributed by atoms with Crippen molar-refractivity contribution in [2.45, 2.75) is 39.7 Å². The van der Waals surface area contributed by atoms with E-state index in [1.165, 1.54) is 11.6 Å². The molecular formula is C13H20FN. The topological polar surface area (TPSA) is 26.0 Å². The fraction of sp³-hybridized carbons (Fsp3) is 0.538. The molecule has 2 heteroatoms. The van der Waals surface area contributed by atoms with Gasteiger partial charge in [-0.15, -0.1) is 0 Å². The Bertz CT molecular complexity index is 320. The Kier molecular flexibility index (Phi) is 4.28. The average molecular weight is 209 g/mol. The Morgan fingerprint density at radius 3 is 2.53 bits per heavy atom. The molecule has 15 heavy (non-hydrogen) atoms. The molecule has 0 fully saturated rings. The maximum absolute atomic E-state index is 12.9. The van der Waals surface area contributed by atoms with Crippen LogP contribution in [-0.2, 0) is 6.42 Å². The molecule has 0 bridgehead atoms. The summed E-state index contributed by atoms with van der Waals surface area (Å²) in [4.78, 5) is 0. The zero-order valence-electron chi connectivity index (χ0n) is 9.76. The smallest absolute Gasteiger partial charge is 0.123 e. The van der Waals surface area contributed by atoms with Crippen molar-refractivity contribution < 1.29 is 4.39 Å². The first-order chi connectivity index (χ1) is 7.04. The van der Waals surface area contributed by atoms with Crippen molar-refractivity contribution in [3.63, 3.8) is 0 Å². The van der Waals surface area contributed by atoms with E-state index in [4.69, 9.17) is 5.73 Å². The Labute approximate surface area is 91.5 Å². The minimum Gasteiger partial charge on any atom is -0.328 e. The van der Waals surface area contributed by atoms with Crippen LogP contribution in [0.2, 0.25) is 0 Å². The second-order valence-electron chi connectivity index (χ2n) is 4.30. The summed E-state index contributed by atoms with van der Waals surface area (Å²) in [6.45, 7) is 6.13. The number of benzene rings is 1. The highest BCUT2D eigenvalue weighted by atomic mass is 19.1. The lowest BCUT2D eigenvalue weighted by Gasteiger charge is -2.19. The molecule has 0 saturated carbocycles. The zero-order chi connectivity index (χ0) is 11.4. The van der Waals surface area contributed by atoms with Crippen molar-refractivity contribution >= 4 is 0 Å². The lowest BCUT2D eigenvalue weighted by molar-refractivity contribution is 0.427. The van der Waals surface area contributed by atoms with Gasteiger partial charge in [0.05, 0.1) is 0 Å². The zero-order valence-corrected chi connectivity index (χ0v) is 9.76. The van der Waals surface area contributed by atoms with Gasteiger partial charge in [0.15, 0.2) is 0 Å². The first kappa shape index (κ1) is 12.2.